The van der Waals surface area contributed by atoms with Crippen LogP contribution in [-0.4, -0.2) is 28.1 Å². The number of anilines is 2. The molecule has 6 heteroatoms. The Kier molecular flexibility index (Phi) is 4.25. The maximum absolute atomic E-state index is 12.2. The van der Waals surface area contributed by atoms with Crippen LogP contribution in [-0.2, 0) is 10.0 Å². The second-order valence-electron chi connectivity index (χ2n) is 5.71. The summed E-state index contributed by atoms with van der Waals surface area (Å²) in [5.74, 6) is 0.471. The van der Waals surface area contributed by atoms with Crippen molar-refractivity contribution in [2.75, 3.05) is 24.2 Å². The molecule has 1 aliphatic rings. The first kappa shape index (κ1) is 15.1. The van der Waals surface area contributed by atoms with Gasteiger partial charge in [0.05, 0.1) is 5.69 Å². The smallest absolute Gasteiger partial charge is 0.242 e. The molecule has 1 aromatic rings. The zero-order valence-corrected chi connectivity index (χ0v) is 13.1. The summed E-state index contributed by atoms with van der Waals surface area (Å²) in [6, 6.07) is 5.57. The molecule has 1 fully saturated rings. The summed E-state index contributed by atoms with van der Waals surface area (Å²) in [5.41, 5.74) is 6.98. The summed E-state index contributed by atoms with van der Waals surface area (Å²) in [5, 5.41) is 0. The van der Waals surface area contributed by atoms with Crippen molar-refractivity contribution in [2.24, 2.45) is 5.92 Å². The van der Waals surface area contributed by atoms with E-state index in [4.69, 9.17) is 5.73 Å². The Balaban J connectivity index is 2.49. The first-order valence-corrected chi connectivity index (χ1v) is 8.43. The molecule has 5 nitrogen and oxygen atoms in total. The van der Waals surface area contributed by atoms with Gasteiger partial charge in [-0.05, 0) is 44.0 Å². The summed E-state index contributed by atoms with van der Waals surface area (Å²) in [4.78, 5) is 2.47. The van der Waals surface area contributed by atoms with Gasteiger partial charge in [0.15, 0.2) is 0 Å². The van der Waals surface area contributed by atoms with Gasteiger partial charge in [0, 0.05) is 18.3 Å². The summed E-state index contributed by atoms with van der Waals surface area (Å²) < 4.78 is 26.8. The predicted molar refractivity (Wildman–Crippen MR) is 82.3 cm³/mol. The Morgan fingerprint density at radius 2 is 2.05 bits per heavy atom. The first-order valence-electron chi connectivity index (χ1n) is 6.95. The average Bonchev–Trinajstić information content (AvgIpc) is 3.20. The van der Waals surface area contributed by atoms with E-state index in [0.29, 0.717) is 17.6 Å². The van der Waals surface area contributed by atoms with Crippen molar-refractivity contribution in [3.63, 3.8) is 0 Å². The van der Waals surface area contributed by atoms with Crippen LogP contribution in [0.2, 0.25) is 0 Å². The van der Waals surface area contributed by atoms with Crippen molar-refractivity contribution < 1.29 is 8.42 Å². The lowest BCUT2D eigenvalue weighted by Gasteiger charge is -2.28. The Morgan fingerprint density at radius 1 is 1.40 bits per heavy atom. The van der Waals surface area contributed by atoms with Crippen LogP contribution >= 0.6 is 0 Å². The molecule has 0 amide bonds. The first-order chi connectivity index (χ1) is 9.35. The molecule has 3 N–H and O–H groups in total. The van der Waals surface area contributed by atoms with Crippen LogP contribution in [0.3, 0.4) is 0 Å². The second kappa shape index (κ2) is 5.61. The van der Waals surface area contributed by atoms with Gasteiger partial charge >= 0.3 is 0 Å². The Hall–Kier alpha value is -1.27. The molecule has 0 aliphatic heterocycles. The van der Waals surface area contributed by atoms with Gasteiger partial charge in [0.1, 0.15) is 4.90 Å². The van der Waals surface area contributed by atoms with Gasteiger partial charge in [-0.1, -0.05) is 13.8 Å². The fourth-order valence-electron chi connectivity index (χ4n) is 2.32. The number of nitrogens with zero attached hydrogens (tertiary/aromatic N) is 1. The fourth-order valence-corrected chi connectivity index (χ4v) is 3.29. The minimum absolute atomic E-state index is 0.271. The highest BCUT2D eigenvalue weighted by Gasteiger charge is 2.32. The largest absolute Gasteiger partial charge is 0.399 e. The van der Waals surface area contributed by atoms with Crippen LogP contribution < -0.4 is 15.4 Å². The molecule has 0 bridgehead atoms. The molecule has 0 aromatic heterocycles. The SMILES string of the molecule is CNS(=O)(=O)c1cc(N)ccc1N(CC(C)C)C1CC1. The number of hydrogen-bond donors (Lipinski definition) is 2. The molecule has 0 heterocycles. The van der Waals surface area contributed by atoms with Crippen LogP contribution in [0.1, 0.15) is 26.7 Å². The lowest BCUT2D eigenvalue weighted by atomic mass is 10.1. The lowest BCUT2D eigenvalue weighted by Crippen LogP contribution is -2.32. The van der Waals surface area contributed by atoms with Gasteiger partial charge < -0.3 is 10.6 Å². The van der Waals surface area contributed by atoms with Crippen LogP contribution in [0.5, 0.6) is 0 Å². The summed E-state index contributed by atoms with van der Waals surface area (Å²) in [6.45, 7) is 5.12. The van der Waals surface area contributed by atoms with E-state index in [1.54, 1.807) is 6.07 Å². The Labute approximate surface area is 121 Å². The zero-order valence-electron chi connectivity index (χ0n) is 12.3. The monoisotopic (exact) mass is 297 g/mol. The number of rotatable bonds is 6. The molecule has 0 atom stereocenters. The maximum Gasteiger partial charge on any atom is 0.242 e. The summed E-state index contributed by atoms with van der Waals surface area (Å²) in [6.07, 6.45) is 2.24. The van der Waals surface area contributed by atoms with E-state index in [2.05, 4.69) is 23.5 Å². The Bertz CT molecular complexity index is 580. The quantitative estimate of drug-likeness (QED) is 0.785. The van der Waals surface area contributed by atoms with E-state index >= 15 is 0 Å². The van der Waals surface area contributed by atoms with E-state index < -0.39 is 10.0 Å². The molecule has 1 aliphatic carbocycles. The third kappa shape index (κ3) is 3.24. The van der Waals surface area contributed by atoms with Gasteiger partial charge in [0.25, 0.3) is 0 Å². The third-order valence-electron chi connectivity index (χ3n) is 3.40. The number of hydrogen-bond acceptors (Lipinski definition) is 4. The number of benzene rings is 1. The summed E-state index contributed by atoms with van der Waals surface area (Å²) >= 11 is 0. The topological polar surface area (TPSA) is 75.4 Å². The highest BCUT2D eigenvalue weighted by Crippen LogP contribution is 2.36. The lowest BCUT2D eigenvalue weighted by molar-refractivity contribution is 0.582. The van der Waals surface area contributed by atoms with Crippen LogP contribution in [0.4, 0.5) is 11.4 Å². The molecular weight excluding hydrogens is 274 g/mol. The normalized spacial score (nSPS) is 15.6. The fraction of sp³-hybridized carbons (Fsp3) is 0.571. The second-order valence-corrected chi connectivity index (χ2v) is 7.57. The minimum Gasteiger partial charge on any atom is -0.399 e. The van der Waals surface area contributed by atoms with E-state index in [9.17, 15) is 8.42 Å². The van der Waals surface area contributed by atoms with E-state index in [1.807, 2.05) is 6.07 Å². The van der Waals surface area contributed by atoms with Crippen molar-refractivity contribution in [3.8, 4) is 0 Å². The molecule has 0 unspecified atom stereocenters. The number of nitrogens with two attached hydrogens (primary N) is 1. The van der Waals surface area contributed by atoms with Gasteiger partial charge in [-0.2, -0.15) is 0 Å². The standard InChI is InChI=1S/C14H23N3O2S/c1-10(2)9-17(12-5-6-12)13-7-4-11(15)8-14(13)20(18,19)16-3/h4,7-8,10,12,16H,5-6,9,15H2,1-3H3. The molecular formula is C14H23N3O2S. The molecule has 1 saturated carbocycles. The van der Waals surface area contributed by atoms with E-state index in [0.717, 1.165) is 25.1 Å². The number of sulfonamides is 1. The van der Waals surface area contributed by atoms with Gasteiger partial charge in [-0.15, -0.1) is 0 Å². The number of nitrogen functional groups attached to an aromatic ring is 1. The molecule has 112 valence electrons. The minimum atomic E-state index is -3.51. The highest BCUT2D eigenvalue weighted by atomic mass is 32.2. The molecule has 1 aromatic carbocycles. The third-order valence-corrected chi connectivity index (χ3v) is 4.84. The van der Waals surface area contributed by atoms with E-state index in [1.165, 1.54) is 13.1 Å². The van der Waals surface area contributed by atoms with Crippen molar-refractivity contribution in [1.82, 2.24) is 4.72 Å². The molecule has 20 heavy (non-hydrogen) atoms. The number of nitrogens with one attached hydrogen (secondary N) is 1. The van der Waals surface area contributed by atoms with Crippen molar-refractivity contribution >= 4 is 21.4 Å². The maximum atomic E-state index is 12.2. The van der Waals surface area contributed by atoms with Gasteiger partial charge in [-0.3, -0.25) is 0 Å². The van der Waals surface area contributed by atoms with Crippen molar-refractivity contribution in [3.05, 3.63) is 18.2 Å². The van der Waals surface area contributed by atoms with Crippen LogP contribution in [0.25, 0.3) is 0 Å². The predicted octanol–water partition coefficient (Wildman–Crippen LogP) is 1.80. The molecule has 0 radical (unpaired) electrons. The van der Waals surface area contributed by atoms with Crippen LogP contribution in [0.15, 0.2) is 23.1 Å². The average molecular weight is 297 g/mol. The van der Waals surface area contributed by atoms with E-state index in [-0.39, 0.29) is 4.90 Å². The highest BCUT2D eigenvalue weighted by molar-refractivity contribution is 7.89. The molecule has 2 rings (SSSR count). The van der Waals surface area contributed by atoms with Crippen molar-refractivity contribution in [1.29, 1.82) is 0 Å². The summed E-state index contributed by atoms with van der Waals surface area (Å²) in [7, 11) is -2.09. The van der Waals surface area contributed by atoms with Gasteiger partial charge in [0.2, 0.25) is 10.0 Å². The molecule has 0 spiro atoms. The van der Waals surface area contributed by atoms with Gasteiger partial charge in [-0.25, -0.2) is 13.1 Å². The van der Waals surface area contributed by atoms with Crippen molar-refractivity contribution in [2.45, 2.75) is 37.6 Å². The Morgan fingerprint density at radius 3 is 2.55 bits per heavy atom. The van der Waals surface area contributed by atoms with Crippen LogP contribution in [0, 0.1) is 5.92 Å². The molecule has 0 saturated heterocycles. The zero-order chi connectivity index (χ0) is 14.9.